The van der Waals surface area contributed by atoms with E-state index in [1.165, 1.54) is 96.3 Å². The van der Waals surface area contributed by atoms with E-state index in [0.717, 1.165) is 96.3 Å². The number of carbonyl (C=O) groups excluding carboxylic acids is 2. The number of unbranched alkanes of at least 4 members (excludes halogenated alkanes) is 21. The molecule has 0 radical (unpaired) electrons. The van der Waals surface area contributed by atoms with Gasteiger partial charge in [0.25, 0.3) is 0 Å². The summed E-state index contributed by atoms with van der Waals surface area (Å²) in [4.78, 5) is 25.3. The molecule has 0 aliphatic rings. The van der Waals surface area contributed by atoms with Gasteiger partial charge >= 0.3 is 11.9 Å². The molecular formula is C53H92O5. The lowest BCUT2D eigenvalue weighted by atomic mass is 10.1. The van der Waals surface area contributed by atoms with Gasteiger partial charge < -0.3 is 14.2 Å². The summed E-state index contributed by atoms with van der Waals surface area (Å²) in [5.41, 5.74) is 0. The fourth-order valence-electron chi connectivity index (χ4n) is 6.54. The average Bonchev–Trinajstić information content (AvgIpc) is 3.22. The lowest BCUT2D eigenvalue weighted by molar-refractivity contribution is -0.163. The molecule has 334 valence electrons. The molecule has 0 rings (SSSR count). The Morgan fingerprint density at radius 2 is 0.810 bits per heavy atom. The fraction of sp³-hybridized carbons (Fsp3) is 0.736. The third kappa shape index (κ3) is 46.0. The SMILES string of the molecule is CC/C=C\C/C=C\C/C=C\CCCCCCCCCC(=O)OCC(COCCCCCCCC/C=C\CCCC)OC(=O)CCCCCCC/C=C\C/C=C\CCC. The lowest BCUT2D eigenvalue weighted by Gasteiger charge is -2.18. The van der Waals surface area contributed by atoms with Gasteiger partial charge in [-0.05, 0) is 96.3 Å². The van der Waals surface area contributed by atoms with Crippen LogP contribution in [0.1, 0.15) is 226 Å². The molecule has 5 nitrogen and oxygen atoms in total. The van der Waals surface area contributed by atoms with Crippen LogP contribution in [0.3, 0.4) is 0 Å². The summed E-state index contributed by atoms with van der Waals surface area (Å²) in [6, 6.07) is 0. The molecule has 0 spiro atoms. The Morgan fingerprint density at radius 1 is 0.397 bits per heavy atom. The predicted molar refractivity (Wildman–Crippen MR) is 251 cm³/mol. The minimum Gasteiger partial charge on any atom is -0.462 e. The lowest BCUT2D eigenvalue weighted by Crippen LogP contribution is -2.30. The maximum absolute atomic E-state index is 12.7. The van der Waals surface area contributed by atoms with Gasteiger partial charge in [-0.1, -0.05) is 190 Å². The van der Waals surface area contributed by atoms with Crippen LogP contribution in [0.4, 0.5) is 0 Å². The molecule has 0 saturated heterocycles. The van der Waals surface area contributed by atoms with Crippen LogP contribution in [-0.2, 0) is 23.8 Å². The maximum Gasteiger partial charge on any atom is 0.306 e. The highest BCUT2D eigenvalue weighted by Gasteiger charge is 2.17. The van der Waals surface area contributed by atoms with Gasteiger partial charge in [-0.2, -0.15) is 0 Å². The molecule has 5 heteroatoms. The van der Waals surface area contributed by atoms with Gasteiger partial charge in [-0.15, -0.1) is 0 Å². The summed E-state index contributed by atoms with van der Waals surface area (Å²) >= 11 is 0. The molecule has 0 fully saturated rings. The molecule has 58 heavy (non-hydrogen) atoms. The van der Waals surface area contributed by atoms with E-state index in [9.17, 15) is 9.59 Å². The smallest absolute Gasteiger partial charge is 0.306 e. The number of ether oxygens (including phenoxy) is 3. The molecule has 0 N–H and O–H groups in total. The summed E-state index contributed by atoms with van der Waals surface area (Å²) in [6.07, 6.45) is 61.8. The van der Waals surface area contributed by atoms with Crippen LogP contribution in [0.2, 0.25) is 0 Å². The second kappa shape index (κ2) is 48.7. The monoisotopic (exact) mass is 809 g/mol. The van der Waals surface area contributed by atoms with Crippen LogP contribution in [0.15, 0.2) is 72.9 Å². The van der Waals surface area contributed by atoms with Crippen LogP contribution in [0.5, 0.6) is 0 Å². The molecule has 0 aromatic rings. The number of esters is 2. The second-order valence-corrected chi connectivity index (χ2v) is 16.0. The van der Waals surface area contributed by atoms with E-state index in [-0.39, 0.29) is 25.2 Å². The summed E-state index contributed by atoms with van der Waals surface area (Å²) in [6.45, 7) is 7.59. The first kappa shape index (κ1) is 55.3. The molecule has 1 atom stereocenters. The van der Waals surface area contributed by atoms with E-state index in [1.54, 1.807) is 0 Å². The molecule has 0 aromatic heterocycles. The van der Waals surface area contributed by atoms with Crippen molar-refractivity contribution in [3.63, 3.8) is 0 Å². The van der Waals surface area contributed by atoms with Crippen molar-refractivity contribution in [3.05, 3.63) is 72.9 Å². The minimum absolute atomic E-state index is 0.0699. The second-order valence-electron chi connectivity index (χ2n) is 16.0. The summed E-state index contributed by atoms with van der Waals surface area (Å²) < 4.78 is 17.3. The van der Waals surface area contributed by atoms with Crippen molar-refractivity contribution < 1.29 is 23.8 Å². The number of rotatable bonds is 44. The first-order chi connectivity index (χ1) is 28.6. The van der Waals surface area contributed by atoms with E-state index in [2.05, 4.69) is 93.7 Å². The third-order valence-electron chi connectivity index (χ3n) is 10.2. The van der Waals surface area contributed by atoms with E-state index in [0.29, 0.717) is 19.4 Å². The van der Waals surface area contributed by atoms with Gasteiger partial charge in [-0.3, -0.25) is 9.59 Å². The molecular weight excluding hydrogens is 717 g/mol. The van der Waals surface area contributed by atoms with Crippen LogP contribution in [0, 0.1) is 0 Å². The Hall–Kier alpha value is -2.66. The van der Waals surface area contributed by atoms with E-state index in [4.69, 9.17) is 14.2 Å². The third-order valence-corrected chi connectivity index (χ3v) is 10.2. The van der Waals surface area contributed by atoms with Crippen LogP contribution < -0.4 is 0 Å². The predicted octanol–water partition coefficient (Wildman–Crippen LogP) is 16.3. The largest absolute Gasteiger partial charge is 0.462 e. The Morgan fingerprint density at radius 3 is 1.33 bits per heavy atom. The first-order valence-electron chi connectivity index (χ1n) is 24.5. The Labute approximate surface area is 359 Å². The Bertz CT molecular complexity index is 1050. The van der Waals surface area contributed by atoms with Crippen molar-refractivity contribution >= 4 is 11.9 Å². The zero-order valence-electron chi connectivity index (χ0n) is 38.3. The Balaban J connectivity index is 4.29. The van der Waals surface area contributed by atoms with Gasteiger partial charge in [0.15, 0.2) is 6.10 Å². The zero-order valence-corrected chi connectivity index (χ0v) is 38.3. The van der Waals surface area contributed by atoms with Crippen molar-refractivity contribution in [1.29, 1.82) is 0 Å². The van der Waals surface area contributed by atoms with Gasteiger partial charge in [0, 0.05) is 19.4 Å². The molecule has 0 bridgehead atoms. The van der Waals surface area contributed by atoms with Crippen molar-refractivity contribution in [2.75, 3.05) is 19.8 Å². The molecule has 0 saturated carbocycles. The van der Waals surface area contributed by atoms with Gasteiger partial charge in [-0.25, -0.2) is 0 Å². The summed E-state index contributed by atoms with van der Waals surface area (Å²) in [5.74, 6) is -0.428. The molecule has 0 aliphatic carbocycles. The summed E-state index contributed by atoms with van der Waals surface area (Å²) in [5, 5.41) is 0. The number of hydrogen-bond donors (Lipinski definition) is 0. The van der Waals surface area contributed by atoms with Crippen LogP contribution in [-0.4, -0.2) is 37.9 Å². The average molecular weight is 809 g/mol. The standard InChI is InChI=1S/C53H92O5/c1-4-7-10-13-16-19-22-25-26-27-28-30-31-34-37-40-43-46-52(54)57-50-51(49-56-48-45-42-39-36-33-24-21-18-15-12-9-6-3)58-53(55)47-44-41-38-35-32-29-23-20-17-14-11-8-5-2/h7,10-11,14-16,18-20,23,25-26,51H,4-6,8-9,12-13,17,21-22,24,27-50H2,1-3H3/b10-7-,14-11-,18-15-,19-16-,23-20-,26-25-. The van der Waals surface area contributed by atoms with Crippen molar-refractivity contribution in [2.45, 2.75) is 232 Å². The van der Waals surface area contributed by atoms with Crippen LogP contribution >= 0.6 is 0 Å². The van der Waals surface area contributed by atoms with Gasteiger partial charge in [0.2, 0.25) is 0 Å². The highest BCUT2D eigenvalue weighted by atomic mass is 16.6. The van der Waals surface area contributed by atoms with Crippen molar-refractivity contribution in [2.24, 2.45) is 0 Å². The van der Waals surface area contributed by atoms with Crippen molar-refractivity contribution in [1.82, 2.24) is 0 Å². The molecule has 0 amide bonds. The van der Waals surface area contributed by atoms with Gasteiger partial charge in [0.05, 0.1) is 6.61 Å². The maximum atomic E-state index is 12.7. The quantitative estimate of drug-likeness (QED) is 0.0348. The molecule has 0 aromatic carbocycles. The normalized spacial score (nSPS) is 12.8. The van der Waals surface area contributed by atoms with Crippen molar-refractivity contribution in [3.8, 4) is 0 Å². The first-order valence-corrected chi connectivity index (χ1v) is 24.5. The van der Waals surface area contributed by atoms with E-state index in [1.807, 2.05) is 0 Å². The molecule has 0 aliphatic heterocycles. The molecule has 1 unspecified atom stereocenters. The number of allylic oxidation sites excluding steroid dienone is 12. The van der Waals surface area contributed by atoms with Gasteiger partial charge in [0.1, 0.15) is 6.61 Å². The number of carbonyl (C=O) groups is 2. The minimum atomic E-state index is -0.551. The highest BCUT2D eigenvalue weighted by molar-refractivity contribution is 5.70. The van der Waals surface area contributed by atoms with E-state index >= 15 is 0 Å². The fourth-order valence-corrected chi connectivity index (χ4v) is 6.54. The highest BCUT2D eigenvalue weighted by Crippen LogP contribution is 2.13. The topological polar surface area (TPSA) is 61.8 Å². The van der Waals surface area contributed by atoms with Crippen LogP contribution in [0.25, 0.3) is 0 Å². The molecule has 0 heterocycles. The zero-order chi connectivity index (χ0) is 42.1. The van der Waals surface area contributed by atoms with E-state index < -0.39 is 6.10 Å². The summed E-state index contributed by atoms with van der Waals surface area (Å²) in [7, 11) is 0. The Kier molecular flexibility index (Phi) is 46.5. The number of hydrogen-bond acceptors (Lipinski definition) is 5.